The van der Waals surface area contributed by atoms with Crippen LogP contribution in [0.15, 0.2) is 12.4 Å². The van der Waals surface area contributed by atoms with E-state index < -0.39 is 0 Å². The van der Waals surface area contributed by atoms with Crippen molar-refractivity contribution in [1.82, 2.24) is 20.2 Å². The first-order valence-electron chi connectivity index (χ1n) is 9.25. The van der Waals surface area contributed by atoms with Gasteiger partial charge >= 0.3 is 0 Å². The number of nitrogens with one attached hydrogen (secondary N) is 1. The molecule has 0 saturated carbocycles. The van der Waals surface area contributed by atoms with Crippen LogP contribution in [0.1, 0.15) is 37.1 Å². The van der Waals surface area contributed by atoms with Gasteiger partial charge in [-0.05, 0) is 26.2 Å². The Morgan fingerprint density at radius 2 is 2.12 bits per heavy atom. The maximum Gasteiger partial charge on any atom is 0.249 e. The van der Waals surface area contributed by atoms with E-state index in [2.05, 4.69) is 20.2 Å². The van der Waals surface area contributed by atoms with Crippen molar-refractivity contribution in [2.75, 3.05) is 19.8 Å². The molecule has 4 heterocycles. The summed E-state index contributed by atoms with van der Waals surface area (Å²) in [5, 5.41) is 2.94. The van der Waals surface area contributed by atoms with E-state index in [0.29, 0.717) is 18.6 Å². The Bertz CT molecular complexity index is 603. The Morgan fingerprint density at radius 1 is 1.28 bits per heavy atom. The van der Waals surface area contributed by atoms with Gasteiger partial charge in [-0.2, -0.15) is 0 Å². The standard InChI is InChI=1S/C18H26N4O3/c1-12-9-20-13(10-19-12)11-21-18(23)17-8-15-16(25-17)2-5-22(15)14-3-6-24-7-4-14/h9-10,14-17H,2-8,11H2,1H3,(H,21,23)/t15-,16-,17-/m0/s1. The molecule has 1 amide bonds. The molecule has 0 radical (unpaired) electrons. The predicted octanol–water partition coefficient (Wildman–Crippen LogP) is 0.812. The number of carbonyl (C=O) groups excluding carboxylic acids is 1. The van der Waals surface area contributed by atoms with Crippen molar-refractivity contribution in [3.63, 3.8) is 0 Å². The summed E-state index contributed by atoms with van der Waals surface area (Å²) in [6.45, 7) is 5.06. The van der Waals surface area contributed by atoms with Gasteiger partial charge in [-0.3, -0.25) is 19.7 Å². The van der Waals surface area contributed by atoms with Crippen molar-refractivity contribution in [3.05, 3.63) is 23.8 Å². The number of amides is 1. The normalized spacial score (nSPS) is 30.4. The summed E-state index contributed by atoms with van der Waals surface area (Å²) >= 11 is 0. The second kappa shape index (κ2) is 7.35. The fourth-order valence-corrected chi connectivity index (χ4v) is 4.22. The van der Waals surface area contributed by atoms with Crippen molar-refractivity contribution in [1.29, 1.82) is 0 Å². The van der Waals surface area contributed by atoms with E-state index in [1.165, 1.54) is 0 Å². The van der Waals surface area contributed by atoms with Gasteiger partial charge in [-0.15, -0.1) is 0 Å². The Labute approximate surface area is 148 Å². The average Bonchev–Trinajstić information content (AvgIpc) is 3.22. The predicted molar refractivity (Wildman–Crippen MR) is 90.8 cm³/mol. The first kappa shape index (κ1) is 16.9. The molecule has 3 aliphatic rings. The Balaban J connectivity index is 1.30. The zero-order valence-electron chi connectivity index (χ0n) is 14.7. The molecule has 0 aromatic carbocycles. The first-order valence-corrected chi connectivity index (χ1v) is 9.25. The van der Waals surface area contributed by atoms with Gasteiger partial charge in [0.05, 0.1) is 30.2 Å². The number of hydrogen-bond acceptors (Lipinski definition) is 6. The number of carbonyl (C=O) groups is 1. The molecule has 0 bridgehead atoms. The summed E-state index contributed by atoms with van der Waals surface area (Å²) in [6, 6.07) is 0.954. The highest BCUT2D eigenvalue weighted by Gasteiger charge is 2.47. The van der Waals surface area contributed by atoms with Crippen LogP contribution < -0.4 is 5.32 Å². The summed E-state index contributed by atoms with van der Waals surface area (Å²) in [4.78, 5) is 23.5. The number of nitrogens with zero attached hydrogens (tertiary/aromatic N) is 3. The summed E-state index contributed by atoms with van der Waals surface area (Å²) in [7, 11) is 0. The molecule has 7 heteroatoms. The number of likely N-dealkylation sites (tertiary alicyclic amines) is 1. The molecule has 1 N–H and O–H groups in total. The molecule has 0 aliphatic carbocycles. The van der Waals surface area contributed by atoms with Crippen LogP contribution in [0.2, 0.25) is 0 Å². The molecule has 1 aromatic rings. The smallest absolute Gasteiger partial charge is 0.249 e. The van der Waals surface area contributed by atoms with Crippen molar-refractivity contribution >= 4 is 5.91 Å². The van der Waals surface area contributed by atoms with Gasteiger partial charge in [0.25, 0.3) is 0 Å². The second-order valence-corrected chi connectivity index (χ2v) is 7.20. The van der Waals surface area contributed by atoms with Crippen LogP contribution in [0.4, 0.5) is 0 Å². The number of fused-ring (bicyclic) bond motifs is 1. The Kier molecular flexibility index (Phi) is 4.96. The van der Waals surface area contributed by atoms with E-state index in [9.17, 15) is 4.79 Å². The zero-order chi connectivity index (χ0) is 17.2. The zero-order valence-corrected chi connectivity index (χ0v) is 14.7. The molecule has 136 valence electrons. The fraction of sp³-hybridized carbons (Fsp3) is 0.722. The third kappa shape index (κ3) is 3.68. The third-order valence-electron chi connectivity index (χ3n) is 5.55. The van der Waals surface area contributed by atoms with Crippen LogP contribution >= 0.6 is 0 Å². The SMILES string of the molecule is Cc1cnc(CNC(=O)[C@@H]2C[C@H]3[C@H](CCN3C3CCOCC3)O2)cn1. The molecular weight excluding hydrogens is 320 g/mol. The molecule has 4 rings (SSSR count). The number of aromatic nitrogens is 2. The highest BCUT2D eigenvalue weighted by Crippen LogP contribution is 2.36. The second-order valence-electron chi connectivity index (χ2n) is 7.20. The van der Waals surface area contributed by atoms with E-state index in [1.807, 2.05) is 6.92 Å². The average molecular weight is 346 g/mol. The minimum Gasteiger partial charge on any atom is -0.381 e. The molecule has 25 heavy (non-hydrogen) atoms. The number of hydrogen-bond donors (Lipinski definition) is 1. The van der Waals surface area contributed by atoms with Crippen LogP contribution in [-0.4, -0.2) is 64.8 Å². The van der Waals surface area contributed by atoms with Crippen LogP contribution in [0.25, 0.3) is 0 Å². The molecule has 0 spiro atoms. The number of ether oxygens (including phenoxy) is 2. The van der Waals surface area contributed by atoms with Crippen molar-refractivity contribution in [3.8, 4) is 0 Å². The van der Waals surface area contributed by atoms with Crippen molar-refractivity contribution < 1.29 is 14.3 Å². The lowest BCUT2D eigenvalue weighted by Gasteiger charge is -2.34. The van der Waals surface area contributed by atoms with Crippen LogP contribution in [0.3, 0.4) is 0 Å². The molecule has 3 saturated heterocycles. The van der Waals surface area contributed by atoms with Gasteiger partial charge in [0.2, 0.25) is 5.91 Å². The molecule has 3 atom stereocenters. The summed E-state index contributed by atoms with van der Waals surface area (Å²) in [5.74, 6) is -0.0382. The van der Waals surface area contributed by atoms with Gasteiger partial charge in [0.15, 0.2) is 0 Å². The van der Waals surface area contributed by atoms with Crippen LogP contribution in [0, 0.1) is 6.92 Å². The summed E-state index contributed by atoms with van der Waals surface area (Å²) in [6.07, 6.45) is 7.24. The quantitative estimate of drug-likeness (QED) is 0.870. The van der Waals surface area contributed by atoms with Gasteiger partial charge < -0.3 is 14.8 Å². The van der Waals surface area contributed by atoms with E-state index >= 15 is 0 Å². The largest absolute Gasteiger partial charge is 0.381 e. The molecule has 1 aromatic heterocycles. The lowest BCUT2D eigenvalue weighted by atomic mass is 10.0. The highest BCUT2D eigenvalue weighted by atomic mass is 16.5. The molecule has 3 aliphatic heterocycles. The first-order chi connectivity index (χ1) is 12.2. The Morgan fingerprint density at radius 3 is 2.88 bits per heavy atom. The molecule has 3 fully saturated rings. The van der Waals surface area contributed by atoms with Gasteiger partial charge in [0.1, 0.15) is 6.10 Å². The number of rotatable bonds is 4. The Hall–Kier alpha value is -1.57. The van der Waals surface area contributed by atoms with Crippen LogP contribution in [0.5, 0.6) is 0 Å². The van der Waals surface area contributed by atoms with Crippen molar-refractivity contribution in [2.24, 2.45) is 0 Å². The molecule has 7 nitrogen and oxygen atoms in total. The lowest BCUT2D eigenvalue weighted by Crippen LogP contribution is -2.44. The number of aryl methyl sites for hydroxylation is 1. The van der Waals surface area contributed by atoms with Gasteiger partial charge in [0, 0.05) is 44.5 Å². The van der Waals surface area contributed by atoms with Crippen LogP contribution in [-0.2, 0) is 20.8 Å². The minimum absolute atomic E-state index is 0.0382. The highest BCUT2D eigenvalue weighted by molar-refractivity contribution is 5.81. The monoisotopic (exact) mass is 346 g/mol. The van der Waals surface area contributed by atoms with E-state index in [0.717, 1.165) is 56.8 Å². The third-order valence-corrected chi connectivity index (χ3v) is 5.55. The maximum atomic E-state index is 12.5. The molecular formula is C18H26N4O3. The van der Waals surface area contributed by atoms with Crippen molar-refractivity contribution in [2.45, 2.75) is 63.4 Å². The lowest BCUT2D eigenvalue weighted by molar-refractivity contribution is -0.132. The maximum absolute atomic E-state index is 12.5. The summed E-state index contributed by atoms with van der Waals surface area (Å²) < 4.78 is 11.5. The minimum atomic E-state index is -0.351. The van der Waals surface area contributed by atoms with E-state index in [-0.39, 0.29) is 18.1 Å². The van der Waals surface area contributed by atoms with Gasteiger partial charge in [-0.1, -0.05) is 0 Å². The van der Waals surface area contributed by atoms with E-state index in [1.54, 1.807) is 12.4 Å². The fourth-order valence-electron chi connectivity index (χ4n) is 4.22. The van der Waals surface area contributed by atoms with E-state index in [4.69, 9.17) is 9.47 Å². The molecule has 0 unspecified atom stereocenters. The van der Waals surface area contributed by atoms with Gasteiger partial charge in [-0.25, -0.2) is 0 Å². The topological polar surface area (TPSA) is 76.6 Å². The summed E-state index contributed by atoms with van der Waals surface area (Å²) in [5.41, 5.74) is 1.64.